The lowest BCUT2D eigenvalue weighted by Gasteiger charge is -2.32. The lowest BCUT2D eigenvalue weighted by Crippen LogP contribution is -2.40. The van der Waals surface area contributed by atoms with E-state index in [0.29, 0.717) is 0 Å². The van der Waals surface area contributed by atoms with Gasteiger partial charge in [0.15, 0.2) is 0 Å². The Labute approximate surface area is 115 Å². The Morgan fingerprint density at radius 1 is 1.47 bits per heavy atom. The summed E-state index contributed by atoms with van der Waals surface area (Å²) in [4.78, 5) is 6.48. The van der Waals surface area contributed by atoms with Crippen molar-refractivity contribution in [1.82, 2.24) is 15.2 Å². The predicted molar refractivity (Wildman–Crippen MR) is 76.8 cm³/mol. The lowest BCUT2D eigenvalue weighted by molar-refractivity contribution is 0.0998. The minimum atomic E-state index is -0.208. The van der Waals surface area contributed by atoms with Crippen molar-refractivity contribution >= 4 is 0 Å². The van der Waals surface area contributed by atoms with Gasteiger partial charge in [-0.1, -0.05) is 6.07 Å². The Morgan fingerprint density at radius 3 is 2.89 bits per heavy atom. The van der Waals surface area contributed by atoms with E-state index in [1.807, 2.05) is 19.2 Å². The molecule has 0 aliphatic carbocycles. The molecule has 0 radical (unpaired) electrons. The summed E-state index contributed by atoms with van der Waals surface area (Å²) < 4.78 is 0. The van der Waals surface area contributed by atoms with Gasteiger partial charge < -0.3 is 15.3 Å². The second-order valence-corrected chi connectivity index (χ2v) is 5.59. The van der Waals surface area contributed by atoms with E-state index in [1.54, 1.807) is 6.20 Å². The molecule has 0 spiro atoms. The van der Waals surface area contributed by atoms with Crippen LogP contribution in [0.5, 0.6) is 0 Å². The maximum absolute atomic E-state index is 9.38. The summed E-state index contributed by atoms with van der Waals surface area (Å²) in [6.45, 7) is 6.89. The van der Waals surface area contributed by atoms with Gasteiger partial charge in [0.25, 0.3) is 0 Å². The highest BCUT2D eigenvalue weighted by atomic mass is 16.3. The second-order valence-electron chi connectivity index (χ2n) is 5.59. The monoisotopic (exact) mass is 263 g/mol. The molecule has 0 unspecified atom stereocenters. The minimum Gasteiger partial charge on any atom is -0.392 e. The molecule has 1 aliphatic heterocycles. The van der Waals surface area contributed by atoms with Gasteiger partial charge >= 0.3 is 0 Å². The molecule has 0 aromatic carbocycles. The van der Waals surface area contributed by atoms with Crippen molar-refractivity contribution in [2.24, 2.45) is 5.92 Å². The van der Waals surface area contributed by atoms with Gasteiger partial charge in [-0.3, -0.25) is 4.98 Å². The van der Waals surface area contributed by atoms with Crippen LogP contribution in [0.1, 0.15) is 25.3 Å². The van der Waals surface area contributed by atoms with Crippen LogP contribution in [0.4, 0.5) is 0 Å². The highest BCUT2D eigenvalue weighted by molar-refractivity contribution is 5.07. The fourth-order valence-electron chi connectivity index (χ4n) is 2.67. The molecule has 1 aromatic rings. The first-order valence-electron chi connectivity index (χ1n) is 7.24. The van der Waals surface area contributed by atoms with E-state index in [4.69, 9.17) is 0 Å². The molecule has 2 N–H and O–H groups in total. The molecular weight excluding hydrogens is 238 g/mol. The van der Waals surface area contributed by atoms with Crippen LogP contribution in [-0.2, 0) is 6.54 Å². The van der Waals surface area contributed by atoms with Crippen LogP contribution in [0.25, 0.3) is 0 Å². The van der Waals surface area contributed by atoms with E-state index in [2.05, 4.69) is 21.3 Å². The van der Waals surface area contributed by atoms with E-state index < -0.39 is 0 Å². The number of nitrogens with zero attached hydrogens (tertiary/aromatic N) is 2. The molecule has 1 atom stereocenters. The molecule has 0 saturated carbocycles. The van der Waals surface area contributed by atoms with Crippen LogP contribution in [-0.4, -0.2) is 47.3 Å². The zero-order valence-corrected chi connectivity index (χ0v) is 11.8. The zero-order chi connectivity index (χ0) is 13.5. The number of pyridine rings is 1. The molecule has 1 aliphatic rings. The third kappa shape index (κ3) is 5.27. The van der Waals surface area contributed by atoms with E-state index >= 15 is 0 Å². The Balaban J connectivity index is 1.61. The molecule has 4 heteroatoms. The number of aliphatic hydroxyl groups excluding tert-OH is 1. The average molecular weight is 263 g/mol. The van der Waals surface area contributed by atoms with Crippen molar-refractivity contribution in [3.63, 3.8) is 0 Å². The summed E-state index contributed by atoms with van der Waals surface area (Å²) in [6.07, 6.45) is 5.97. The molecule has 1 saturated heterocycles. The number of aliphatic hydroxyl groups is 1. The Morgan fingerprint density at radius 2 is 2.26 bits per heavy atom. The van der Waals surface area contributed by atoms with Gasteiger partial charge in [-0.05, 0) is 56.9 Å². The van der Waals surface area contributed by atoms with Crippen LogP contribution >= 0.6 is 0 Å². The summed E-state index contributed by atoms with van der Waals surface area (Å²) >= 11 is 0. The Bertz CT molecular complexity index is 348. The Kier molecular flexibility index (Phi) is 5.76. The van der Waals surface area contributed by atoms with E-state index in [9.17, 15) is 5.11 Å². The van der Waals surface area contributed by atoms with Crippen molar-refractivity contribution in [2.75, 3.05) is 26.2 Å². The summed E-state index contributed by atoms with van der Waals surface area (Å²) in [5.41, 5.74) is 1.24. The molecule has 2 rings (SSSR count). The van der Waals surface area contributed by atoms with Crippen LogP contribution in [0.2, 0.25) is 0 Å². The van der Waals surface area contributed by atoms with Gasteiger partial charge in [0.05, 0.1) is 6.10 Å². The molecule has 19 heavy (non-hydrogen) atoms. The summed E-state index contributed by atoms with van der Waals surface area (Å²) in [7, 11) is 0. The van der Waals surface area contributed by atoms with E-state index in [-0.39, 0.29) is 6.10 Å². The SMILES string of the molecule is C[C@H](O)CN1CCC(CNCc2cccnc2)CC1. The molecule has 106 valence electrons. The van der Waals surface area contributed by atoms with Gasteiger partial charge in [0, 0.05) is 25.5 Å². The molecule has 0 amide bonds. The van der Waals surface area contributed by atoms with Crippen LogP contribution in [0.3, 0.4) is 0 Å². The van der Waals surface area contributed by atoms with E-state index in [1.165, 1.54) is 18.4 Å². The maximum Gasteiger partial charge on any atom is 0.0639 e. The zero-order valence-electron chi connectivity index (χ0n) is 11.8. The number of likely N-dealkylation sites (tertiary alicyclic amines) is 1. The first kappa shape index (κ1) is 14.4. The molecule has 2 heterocycles. The molecule has 1 fully saturated rings. The number of piperidine rings is 1. The average Bonchev–Trinajstić information content (AvgIpc) is 2.41. The predicted octanol–water partition coefficient (Wildman–Crippen LogP) is 1.26. The van der Waals surface area contributed by atoms with Gasteiger partial charge in [-0.25, -0.2) is 0 Å². The smallest absolute Gasteiger partial charge is 0.0639 e. The van der Waals surface area contributed by atoms with Gasteiger partial charge in [0.2, 0.25) is 0 Å². The normalized spacial score (nSPS) is 19.5. The molecule has 1 aromatic heterocycles. The minimum absolute atomic E-state index is 0.208. The van der Waals surface area contributed by atoms with Crippen LogP contribution in [0.15, 0.2) is 24.5 Å². The summed E-state index contributed by atoms with van der Waals surface area (Å²) in [5, 5.41) is 12.9. The first-order chi connectivity index (χ1) is 9.24. The van der Waals surface area contributed by atoms with Crippen molar-refractivity contribution in [2.45, 2.75) is 32.4 Å². The number of β-amino-alcohol motifs (C(OH)–C–C–N with tert-alkyl or cyclic N) is 1. The van der Waals surface area contributed by atoms with Crippen LogP contribution in [0, 0.1) is 5.92 Å². The van der Waals surface area contributed by atoms with Crippen LogP contribution < -0.4 is 5.32 Å². The van der Waals surface area contributed by atoms with Crippen molar-refractivity contribution in [3.8, 4) is 0 Å². The Hall–Kier alpha value is -0.970. The number of hydrogen-bond donors (Lipinski definition) is 2. The van der Waals surface area contributed by atoms with Crippen molar-refractivity contribution < 1.29 is 5.11 Å². The number of rotatable bonds is 6. The first-order valence-corrected chi connectivity index (χ1v) is 7.24. The third-order valence-corrected chi connectivity index (χ3v) is 3.71. The maximum atomic E-state index is 9.38. The molecule has 0 bridgehead atoms. The second kappa shape index (κ2) is 7.58. The van der Waals surface area contributed by atoms with Gasteiger partial charge in [-0.2, -0.15) is 0 Å². The highest BCUT2D eigenvalue weighted by Gasteiger charge is 2.19. The standard InChI is InChI=1S/C15H25N3O/c1-13(19)12-18-7-4-14(5-8-18)9-17-11-15-3-2-6-16-10-15/h2-3,6,10,13-14,17,19H,4-5,7-9,11-12H2,1H3/t13-/m0/s1. The van der Waals surface area contributed by atoms with Gasteiger partial charge in [-0.15, -0.1) is 0 Å². The topological polar surface area (TPSA) is 48.4 Å². The van der Waals surface area contributed by atoms with E-state index in [0.717, 1.165) is 38.6 Å². The molecular formula is C15H25N3O. The summed E-state index contributed by atoms with van der Waals surface area (Å²) in [6, 6.07) is 4.08. The number of nitrogens with one attached hydrogen (secondary N) is 1. The number of aromatic nitrogens is 1. The molecule has 4 nitrogen and oxygen atoms in total. The largest absolute Gasteiger partial charge is 0.392 e. The fraction of sp³-hybridized carbons (Fsp3) is 0.667. The highest BCUT2D eigenvalue weighted by Crippen LogP contribution is 2.16. The third-order valence-electron chi connectivity index (χ3n) is 3.71. The fourth-order valence-corrected chi connectivity index (χ4v) is 2.67. The quantitative estimate of drug-likeness (QED) is 0.811. The van der Waals surface area contributed by atoms with Crippen molar-refractivity contribution in [1.29, 1.82) is 0 Å². The lowest BCUT2D eigenvalue weighted by atomic mass is 9.96. The van der Waals surface area contributed by atoms with Crippen molar-refractivity contribution in [3.05, 3.63) is 30.1 Å². The summed E-state index contributed by atoms with van der Waals surface area (Å²) in [5.74, 6) is 0.766. The number of hydrogen-bond acceptors (Lipinski definition) is 4. The van der Waals surface area contributed by atoms with Gasteiger partial charge in [0.1, 0.15) is 0 Å².